The SMILES string of the molecule is Cc1ccc(Oc2cnn(C(C)C)c2)c(C#N)c1. The van der Waals surface area contributed by atoms with Gasteiger partial charge in [-0.05, 0) is 38.5 Å². The minimum atomic E-state index is 0.288. The van der Waals surface area contributed by atoms with E-state index in [1.54, 1.807) is 12.3 Å². The van der Waals surface area contributed by atoms with Crippen molar-refractivity contribution in [2.75, 3.05) is 0 Å². The van der Waals surface area contributed by atoms with Gasteiger partial charge in [-0.3, -0.25) is 4.68 Å². The van der Waals surface area contributed by atoms with Crippen LogP contribution in [0.1, 0.15) is 31.0 Å². The maximum Gasteiger partial charge on any atom is 0.165 e. The van der Waals surface area contributed by atoms with Gasteiger partial charge in [0.05, 0.1) is 18.0 Å². The Morgan fingerprint density at radius 2 is 2.17 bits per heavy atom. The number of hydrogen-bond acceptors (Lipinski definition) is 3. The second-order valence-corrected chi connectivity index (χ2v) is 4.46. The van der Waals surface area contributed by atoms with Crippen molar-refractivity contribution in [2.24, 2.45) is 0 Å². The predicted molar refractivity (Wildman–Crippen MR) is 68.6 cm³/mol. The van der Waals surface area contributed by atoms with E-state index in [0.717, 1.165) is 5.56 Å². The van der Waals surface area contributed by atoms with Crippen LogP contribution in [0.25, 0.3) is 0 Å². The fourth-order valence-electron chi connectivity index (χ4n) is 1.60. The smallest absolute Gasteiger partial charge is 0.165 e. The van der Waals surface area contributed by atoms with Crippen molar-refractivity contribution in [3.63, 3.8) is 0 Å². The van der Waals surface area contributed by atoms with E-state index in [9.17, 15) is 0 Å². The van der Waals surface area contributed by atoms with E-state index in [1.807, 2.05) is 43.8 Å². The minimum Gasteiger partial charge on any atom is -0.453 e. The van der Waals surface area contributed by atoms with Crippen molar-refractivity contribution in [2.45, 2.75) is 26.8 Å². The molecule has 0 N–H and O–H groups in total. The second kappa shape index (κ2) is 4.92. The molecule has 1 heterocycles. The molecule has 1 aromatic heterocycles. The lowest BCUT2D eigenvalue weighted by Gasteiger charge is -2.06. The van der Waals surface area contributed by atoms with E-state index in [4.69, 9.17) is 10.00 Å². The molecule has 0 amide bonds. The summed E-state index contributed by atoms with van der Waals surface area (Å²) in [4.78, 5) is 0. The molecule has 92 valence electrons. The van der Waals surface area contributed by atoms with Crippen molar-refractivity contribution in [3.05, 3.63) is 41.7 Å². The highest BCUT2D eigenvalue weighted by Gasteiger charge is 2.07. The van der Waals surface area contributed by atoms with Crippen LogP contribution in [-0.2, 0) is 0 Å². The fourth-order valence-corrected chi connectivity index (χ4v) is 1.60. The van der Waals surface area contributed by atoms with Crippen molar-refractivity contribution >= 4 is 0 Å². The molecule has 0 aliphatic heterocycles. The molecule has 0 aliphatic rings. The highest BCUT2D eigenvalue weighted by molar-refractivity contribution is 5.46. The summed E-state index contributed by atoms with van der Waals surface area (Å²) in [6.45, 7) is 6.04. The van der Waals surface area contributed by atoms with Gasteiger partial charge in [-0.1, -0.05) is 6.07 Å². The molecule has 4 heteroatoms. The first-order chi connectivity index (χ1) is 8.60. The van der Waals surface area contributed by atoms with Crippen molar-refractivity contribution in [1.29, 1.82) is 5.26 Å². The third-order valence-corrected chi connectivity index (χ3v) is 2.59. The topological polar surface area (TPSA) is 50.8 Å². The highest BCUT2D eigenvalue weighted by Crippen LogP contribution is 2.25. The van der Waals surface area contributed by atoms with Crippen molar-refractivity contribution < 1.29 is 4.74 Å². The molecule has 0 saturated heterocycles. The van der Waals surface area contributed by atoms with Gasteiger partial charge in [0.25, 0.3) is 0 Å². The minimum absolute atomic E-state index is 0.288. The zero-order chi connectivity index (χ0) is 13.1. The normalized spacial score (nSPS) is 10.4. The Kier molecular flexibility index (Phi) is 3.33. The van der Waals surface area contributed by atoms with Crippen LogP contribution >= 0.6 is 0 Å². The molecule has 18 heavy (non-hydrogen) atoms. The Labute approximate surface area is 106 Å². The van der Waals surface area contributed by atoms with Gasteiger partial charge >= 0.3 is 0 Å². The Balaban J connectivity index is 2.26. The maximum atomic E-state index is 9.06. The molecule has 2 aromatic rings. The third-order valence-electron chi connectivity index (χ3n) is 2.59. The summed E-state index contributed by atoms with van der Waals surface area (Å²) >= 11 is 0. The Bertz CT molecular complexity index is 593. The number of ether oxygens (including phenoxy) is 1. The molecular weight excluding hydrogens is 226 g/mol. The molecule has 1 aromatic carbocycles. The van der Waals surface area contributed by atoms with Gasteiger partial charge in [0.15, 0.2) is 5.75 Å². The van der Waals surface area contributed by atoms with Crippen LogP contribution in [0, 0.1) is 18.3 Å². The molecule has 0 aliphatic carbocycles. The summed E-state index contributed by atoms with van der Waals surface area (Å²) in [5, 5.41) is 13.3. The Morgan fingerprint density at radius 3 is 2.78 bits per heavy atom. The van der Waals surface area contributed by atoms with Gasteiger partial charge in [-0.15, -0.1) is 0 Å². The van der Waals surface area contributed by atoms with Gasteiger partial charge < -0.3 is 4.74 Å². The van der Waals surface area contributed by atoms with Crippen LogP contribution in [0.15, 0.2) is 30.6 Å². The lowest BCUT2D eigenvalue weighted by Crippen LogP contribution is -1.99. The molecule has 4 nitrogen and oxygen atoms in total. The van der Waals surface area contributed by atoms with Gasteiger partial charge in [0.1, 0.15) is 11.8 Å². The second-order valence-electron chi connectivity index (χ2n) is 4.46. The number of nitrogens with zero attached hydrogens (tertiary/aromatic N) is 3. The van der Waals surface area contributed by atoms with Gasteiger partial charge in [0, 0.05) is 6.04 Å². The number of nitriles is 1. The zero-order valence-corrected chi connectivity index (χ0v) is 10.7. The first kappa shape index (κ1) is 12.2. The number of aromatic nitrogens is 2. The van der Waals surface area contributed by atoms with Gasteiger partial charge in [0.2, 0.25) is 0 Å². The average Bonchev–Trinajstić information content (AvgIpc) is 2.80. The maximum absolute atomic E-state index is 9.06. The quantitative estimate of drug-likeness (QED) is 0.827. The van der Waals surface area contributed by atoms with E-state index in [0.29, 0.717) is 17.1 Å². The van der Waals surface area contributed by atoms with Crippen LogP contribution < -0.4 is 4.74 Å². The molecule has 0 radical (unpaired) electrons. The highest BCUT2D eigenvalue weighted by atomic mass is 16.5. The average molecular weight is 241 g/mol. The summed E-state index contributed by atoms with van der Waals surface area (Å²) < 4.78 is 7.50. The lowest BCUT2D eigenvalue weighted by atomic mass is 10.1. The predicted octanol–water partition coefficient (Wildman–Crippen LogP) is 3.44. The molecule has 0 bridgehead atoms. The molecule has 0 atom stereocenters. The molecule has 0 fully saturated rings. The summed E-state index contributed by atoms with van der Waals surface area (Å²) in [6, 6.07) is 7.96. The van der Waals surface area contributed by atoms with E-state index in [2.05, 4.69) is 11.2 Å². The third kappa shape index (κ3) is 2.51. The lowest BCUT2D eigenvalue weighted by molar-refractivity contribution is 0.475. The van der Waals surface area contributed by atoms with Crippen molar-refractivity contribution in [1.82, 2.24) is 9.78 Å². The van der Waals surface area contributed by atoms with Gasteiger partial charge in [-0.25, -0.2) is 0 Å². The number of hydrogen-bond donors (Lipinski definition) is 0. The van der Waals surface area contributed by atoms with Crippen LogP contribution in [0.3, 0.4) is 0 Å². The molecule has 0 unspecified atom stereocenters. The van der Waals surface area contributed by atoms with Crippen LogP contribution in [0.4, 0.5) is 0 Å². The summed E-state index contributed by atoms with van der Waals surface area (Å²) in [5.41, 5.74) is 1.57. The van der Waals surface area contributed by atoms with Crippen LogP contribution in [0.5, 0.6) is 11.5 Å². The standard InChI is InChI=1S/C14H15N3O/c1-10(2)17-9-13(8-16-17)18-14-5-4-11(3)6-12(14)7-15/h4-6,8-10H,1-3H3. The van der Waals surface area contributed by atoms with Crippen LogP contribution in [-0.4, -0.2) is 9.78 Å². The summed E-state index contributed by atoms with van der Waals surface area (Å²) in [6.07, 6.45) is 3.48. The summed E-state index contributed by atoms with van der Waals surface area (Å²) in [7, 11) is 0. The van der Waals surface area contributed by atoms with E-state index in [-0.39, 0.29) is 6.04 Å². The van der Waals surface area contributed by atoms with E-state index < -0.39 is 0 Å². The number of benzene rings is 1. The number of rotatable bonds is 3. The monoisotopic (exact) mass is 241 g/mol. The number of aryl methyl sites for hydroxylation is 1. The molecular formula is C14H15N3O. The van der Waals surface area contributed by atoms with Crippen molar-refractivity contribution in [3.8, 4) is 17.6 Å². The Morgan fingerprint density at radius 1 is 1.39 bits per heavy atom. The van der Waals surface area contributed by atoms with Gasteiger partial charge in [-0.2, -0.15) is 10.4 Å². The summed E-state index contributed by atoms with van der Waals surface area (Å²) in [5.74, 6) is 1.20. The molecule has 0 saturated carbocycles. The zero-order valence-electron chi connectivity index (χ0n) is 10.7. The largest absolute Gasteiger partial charge is 0.453 e. The molecule has 2 rings (SSSR count). The molecule has 0 spiro atoms. The first-order valence-corrected chi connectivity index (χ1v) is 5.83. The Hall–Kier alpha value is -2.28. The van der Waals surface area contributed by atoms with Crippen LogP contribution in [0.2, 0.25) is 0 Å². The van der Waals surface area contributed by atoms with E-state index >= 15 is 0 Å². The fraction of sp³-hybridized carbons (Fsp3) is 0.286. The van der Waals surface area contributed by atoms with E-state index in [1.165, 1.54) is 0 Å². The first-order valence-electron chi connectivity index (χ1n) is 5.83.